The summed E-state index contributed by atoms with van der Waals surface area (Å²) in [7, 11) is -2.98. The topological polar surface area (TPSA) is 37.4 Å². The van der Waals surface area contributed by atoms with Crippen LogP contribution < -0.4 is 0 Å². The summed E-state index contributed by atoms with van der Waals surface area (Å²) < 4.78 is 25.1. The zero-order chi connectivity index (χ0) is 12.5. The minimum atomic E-state index is -2.98. The van der Waals surface area contributed by atoms with Crippen LogP contribution in [0, 0.1) is 5.92 Å². The lowest BCUT2D eigenvalue weighted by atomic mass is 10.0. The van der Waals surface area contributed by atoms with E-state index in [0.717, 1.165) is 12.0 Å². The molecule has 2 rings (SSSR count). The largest absolute Gasteiger partial charge is 0.216 e. The molecule has 1 aliphatic heterocycles. The van der Waals surface area contributed by atoms with Crippen molar-refractivity contribution in [2.24, 2.45) is 5.92 Å². The number of nitrogens with zero attached hydrogens (tertiary/aromatic N) is 1. The second-order valence-electron chi connectivity index (χ2n) is 5.09. The van der Waals surface area contributed by atoms with Crippen LogP contribution in [-0.2, 0) is 16.6 Å². The monoisotopic (exact) mass is 253 g/mol. The molecule has 1 aromatic carbocycles. The third-order valence-corrected chi connectivity index (χ3v) is 5.04. The summed E-state index contributed by atoms with van der Waals surface area (Å²) in [6.07, 6.45) is 0.950. The van der Waals surface area contributed by atoms with E-state index in [2.05, 4.69) is 13.8 Å². The Balaban J connectivity index is 2.07. The Labute approximate surface area is 104 Å². The van der Waals surface area contributed by atoms with Crippen LogP contribution in [0.15, 0.2) is 30.3 Å². The molecule has 4 heteroatoms. The van der Waals surface area contributed by atoms with Gasteiger partial charge in [0, 0.05) is 12.6 Å². The van der Waals surface area contributed by atoms with Crippen molar-refractivity contribution in [3.05, 3.63) is 35.9 Å². The molecular formula is C13H19NO2S. The molecule has 1 aliphatic rings. The van der Waals surface area contributed by atoms with E-state index in [9.17, 15) is 8.42 Å². The Morgan fingerprint density at radius 2 is 1.94 bits per heavy atom. The van der Waals surface area contributed by atoms with Gasteiger partial charge in [0.05, 0.1) is 5.75 Å². The van der Waals surface area contributed by atoms with Gasteiger partial charge >= 0.3 is 0 Å². The van der Waals surface area contributed by atoms with Crippen molar-refractivity contribution in [2.75, 3.05) is 5.75 Å². The molecule has 1 heterocycles. The van der Waals surface area contributed by atoms with E-state index in [1.807, 2.05) is 30.3 Å². The molecular weight excluding hydrogens is 234 g/mol. The van der Waals surface area contributed by atoms with Crippen LogP contribution >= 0.6 is 0 Å². The first-order valence-corrected chi connectivity index (χ1v) is 7.63. The quantitative estimate of drug-likeness (QED) is 0.825. The van der Waals surface area contributed by atoms with Crippen molar-refractivity contribution < 1.29 is 8.42 Å². The summed E-state index contributed by atoms with van der Waals surface area (Å²) in [6, 6.07) is 9.97. The Morgan fingerprint density at radius 3 is 2.47 bits per heavy atom. The van der Waals surface area contributed by atoms with Crippen LogP contribution in [0.4, 0.5) is 0 Å². The molecule has 1 fully saturated rings. The molecule has 0 saturated carbocycles. The molecule has 0 aliphatic carbocycles. The normalized spacial score (nSPS) is 23.6. The first-order chi connectivity index (χ1) is 7.99. The van der Waals surface area contributed by atoms with Crippen LogP contribution in [0.3, 0.4) is 0 Å². The number of hydrogen-bond acceptors (Lipinski definition) is 2. The molecule has 0 unspecified atom stereocenters. The van der Waals surface area contributed by atoms with Gasteiger partial charge in [-0.15, -0.1) is 0 Å². The van der Waals surface area contributed by atoms with Gasteiger partial charge in [-0.05, 0) is 17.9 Å². The first-order valence-electron chi connectivity index (χ1n) is 6.02. The van der Waals surface area contributed by atoms with Gasteiger partial charge in [-0.1, -0.05) is 44.2 Å². The van der Waals surface area contributed by atoms with Gasteiger partial charge in [-0.2, -0.15) is 4.31 Å². The summed E-state index contributed by atoms with van der Waals surface area (Å²) in [4.78, 5) is 0. The summed E-state index contributed by atoms with van der Waals surface area (Å²) in [5, 5.41) is 0. The van der Waals surface area contributed by atoms with E-state index in [4.69, 9.17) is 0 Å². The van der Waals surface area contributed by atoms with Crippen LogP contribution in [0.25, 0.3) is 0 Å². The van der Waals surface area contributed by atoms with Crippen LogP contribution in [0.2, 0.25) is 0 Å². The molecule has 0 amide bonds. The van der Waals surface area contributed by atoms with Gasteiger partial charge in [-0.25, -0.2) is 8.42 Å². The maximum absolute atomic E-state index is 11.7. The highest BCUT2D eigenvalue weighted by Crippen LogP contribution is 2.28. The van der Waals surface area contributed by atoms with Crippen LogP contribution in [-0.4, -0.2) is 24.5 Å². The SMILES string of the molecule is CC(C)C[C@H]1CS(=O)(=O)N1Cc1ccccc1. The first kappa shape index (κ1) is 12.6. The Kier molecular flexibility index (Phi) is 3.54. The maximum Gasteiger partial charge on any atom is 0.216 e. The number of benzene rings is 1. The number of rotatable bonds is 4. The molecule has 0 spiro atoms. The molecule has 94 valence electrons. The predicted molar refractivity (Wildman–Crippen MR) is 69.0 cm³/mol. The molecule has 0 aromatic heterocycles. The Morgan fingerprint density at radius 1 is 1.29 bits per heavy atom. The summed E-state index contributed by atoms with van der Waals surface area (Å²) in [5.41, 5.74) is 1.06. The highest BCUT2D eigenvalue weighted by atomic mass is 32.2. The Hall–Kier alpha value is -0.870. The second-order valence-corrected chi connectivity index (χ2v) is 7.06. The van der Waals surface area contributed by atoms with Crippen LogP contribution in [0.1, 0.15) is 25.8 Å². The summed E-state index contributed by atoms with van der Waals surface area (Å²) in [6.45, 7) is 4.78. The van der Waals surface area contributed by atoms with Gasteiger partial charge < -0.3 is 0 Å². The van der Waals surface area contributed by atoms with E-state index >= 15 is 0 Å². The van der Waals surface area contributed by atoms with Crippen molar-refractivity contribution in [2.45, 2.75) is 32.9 Å². The average molecular weight is 253 g/mol. The lowest BCUT2D eigenvalue weighted by Crippen LogP contribution is -2.56. The van der Waals surface area contributed by atoms with E-state index in [1.165, 1.54) is 0 Å². The van der Waals surface area contributed by atoms with Gasteiger partial charge in [0.2, 0.25) is 10.0 Å². The smallest absolute Gasteiger partial charge is 0.212 e. The fourth-order valence-electron chi connectivity index (χ4n) is 2.28. The van der Waals surface area contributed by atoms with Crippen LogP contribution in [0.5, 0.6) is 0 Å². The Bertz CT molecular complexity index is 467. The molecule has 3 nitrogen and oxygen atoms in total. The van der Waals surface area contributed by atoms with E-state index < -0.39 is 10.0 Å². The average Bonchev–Trinajstić information content (AvgIpc) is 2.26. The maximum atomic E-state index is 11.7. The second kappa shape index (κ2) is 4.78. The van der Waals surface area contributed by atoms with Gasteiger partial charge in [-0.3, -0.25) is 0 Å². The highest BCUT2D eigenvalue weighted by Gasteiger charge is 2.42. The van der Waals surface area contributed by atoms with Crippen molar-refractivity contribution in [1.82, 2.24) is 4.31 Å². The summed E-state index contributed by atoms with van der Waals surface area (Å²) in [5.74, 6) is 0.853. The van der Waals surface area contributed by atoms with Gasteiger partial charge in [0.25, 0.3) is 0 Å². The number of hydrogen-bond donors (Lipinski definition) is 0. The van der Waals surface area contributed by atoms with Crippen molar-refractivity contribution in [1.29, 1.82) is 0 Å². The third-order valence-electron chi connectivity index (χ3n) is 3.09. The van der Waals surface area contributed by atoms with Crippen molar-refractivity contribution in [3.8, 4) is 0 Å². The molecule has 0 bridgehead atoms. The van der Waals surface area contributed by atoms with E-state index in [1.54, 1.807) is 4.31 Å². The standard InChI is InChI=1S/C13H19NO2S/c1-11(2)8-13-10-17(15,16)14(13)9-12-6-4-3-5-7-12/h3-7,11,13H,8-10H2,1-2H3/t13-/m0/s1. The molecule has 17 heavy (non-hydrogen) atoms. The molecule has 1 aromatic rings. The third kappa shape index (κ3) is 2.87. The zero-order valence-electron chi connectivity index (χ0n) is 10.3. The predicted octanol–water partition coefficient (Wildman–Crippen LogP) is 2.25. The fraction of sp³-hybridized carbons (Fsp3) is 0.538. The lowest BCUT2D eigenvalue weighted by molar-refractivity contribution is 0.250. The summed E-state index contributed by atoms with van der Waals surface area (Å²) >= 11 is 0. The van der Waals surface area contributed by atoms with Gasteiger partial charge in [0.15, 0.2) is 0 Å². The van der Waals surface area contributed by atoms with E-state index in [-0.39, 0.29) is 6.04 Å². The minimum Gasteiger partial charge on any atom is -0.212 e. The van der Waals surface area contributed by atoms with Crippen molar-refractivity contribution >= 4 is 10.0 Å². The van der Waals surface area contributed by atoms with E-state index in [0.29, 0.717) is 18.2 Å². The van der Waals surface area contributed by atoms with Gasteiger partial charge in [0.1, 0.15) is 0 Å². The molecule has 0 radical (unpaired) electrons. The minimum absolute atomic E-state index is 0.195. The molecule has 0 N–H and O–H groups in total. The number of sulfonamides is 1. The zero-order valence-corrected chi connectivity index (χ0v) is 11.2. The molecule has 1 saturated heterocycles. The van der Waals surface area contributed by atoms with Crippen molar-refractivity contribution in [3.63, 3.8) is 0 Å². The highest BCUT2D eigenvalue weighted by molar-refractivity contribution is 7.90. The fourth-order valence-corrected chi connectivity index (χ4v) is 3.98. The molecule has 1 atom stereocenters. The lowest BCUT2D eigenvalue weighted by Gasteiger charge is -2.40.